The molecule has 0 saturated carbocycles. The Morgan fingerprint density at radius 1 is 0.854 bits per heavy atom. The summed E-state index contributed by atoms with van der Waals surface area (Å²) in [6, 6.07) is 30.6. The van der Waals surface area contributed by atoms with Crippen molar-refractivity contribution in [3.63, 3.8) is 0 Å². The number of nitrogens with one attached hydrogen (secondary N) is 3. The van der Waals surface area contributed by atoms with E-state index < -0.39 is 11.8 Å². The maximum Gasteiger partial charge on any atom is 0.272 e. The van der Waals surface area contributed by atoms with Gasteiger partial charge in [0.15, 0.2) is 0 Å². The highest BCUT2D eigenvalue weighted by Gasteiger charge is 2.20. The van der Waals surface area contributed by atoms with Crippen molar-refractivity contribution in [2.24, 2.45) is 0 Å². The zero-order valence-electron chi connectivity index (χ0n) is 22.7. The molecule has 6 nitrogen and oxygen atoms in total. The lowest BCUT2D eigenvalue weighted by Crippen LogP contribution is -2.30. The minimum absolute atomic E-state index is 0.0362. The van der Waals surface area contributed by atoms with Crippen LogP contribution in [0.5, 0.6) is 0 Å². The number of carbonyl (C=O) groups is 3. The van der Waals surface area contributed by atoms with E-state index in [0.717, 1.165) is 16.1 Å². The van der Waals surface area contributed by atoms with E-state index in [9.17, 15) is 14.4 Å². The van der Waals surface area contributed by atoms with Gasteiger partial charge in [0, 0.05) is 26.9 Å². The molecule has 0 saturated heterocycles. The minimum Gasteiger partial charge on any atom is -0.325 e. The first kappa shape index (κ1) is 29.6. The molecule has 0 bridgehead atoms. The van der Waals surface area contributed by atoms with Crippen LogP contribution in [0.15, 0.2) is 114 Å². The van der Waals surface area contributed by atoms with Crippen LogP contribution >= 0.6 is 23.4 Å². The van der Waals surface area contributed by atoms with Crippen LogP contribution < -0.4 is 16.0 Å². The first-order valence-electron chi connectivity index (χ1n) is 13.1. The number of thioether (sulfide) groups is 1. The summed E-state index contributed by atoms with van der Waals surface area (Å²) < 4.78 is 0. The summed E-state index contributed by atoms with van der Waals surface area (Å²) >= 11 is 7.75. The number of aryl methyl sites for hydroxylation is 1. The van der Waals surface area contributed by atoms with Crippen molar-refractivity contribution < 1.29 is 14.4 Å². The lowest BCUT2D eigenvalue weighted by Gasteiger charge is -2.17. The molecule has 0 spiro atoms. The molecule has 3 amide bonds. The van der Waals surface area contributed by atoms with Gasteiger partial charge in [-0.2, -0.15) is 0 Å². The third-order valence-electron chi connectivity index (χ3n) is 6.17. The highest BCUT2D eigenvalue weighted by molar-refractivity contribution is 8.00. The largest absolute Gasteiger partial charge is 0.325 e. The molecular weight excluding hydrogens is 554 g/mol. The third kappa shape index (κ3) is 8.33. The van der Waals surface area contributed by atoms with Crippen LogP contribution in [0.3, 0.4) is 0 Å². The van der Waals surface area contributed by atoms with E-state index in [1.807, 2.05) is 56.3 Å². The molecule has 0 aliphatic heterocycles. The quantitative estimate of drug-likeness (QED) is 0.133. The van der Waals surface area contributed by atoms with Gasteiger partial charge in [0.1, 0.15) is 5.70 Å². The molecule has 208 valence electrons. The van der Waals surface area contributed by atoms with E-state index >= 15 is 0 Å². The molecule has 0 radical (unpaired) electrons. The Balaban J connectivity index is 1.51. The Hall–Kier alpha value is -4.33. The number of hydrogen-bond acceptors (Lipinski definition) is 4. The first-order valence-corrected chi connectivity index (χ1v) is 14.4. The van der Waals surface area contributed by atoms with Gasteiger partial charge in [-0.15, -0.1) is 11.8 Å². The summed E-state index contributed by atoms with van der Waals surface area (Å²) in [5.41, 5.74) is 3.33. The predicted octanol–water partition coefficient (Wildman–Crippen LogP) is 7.57. The van der Waals surface area contributed by atoms with E-state index in [1.54, 1.807) is 66.7 Å². The number of carbonyl (C=O) groups excluding carboxylic acids is 3. The zero-order valence-corrected chi connectivity index (χ0v) is 24.3. The highest BCUT2D eigenvalue weighted by atomic mass is 35.5. The minimum atomic E-state index is -0.513. The standard InChI is InChI=1S/C33H30ClN3O3S/c1-3-30(33(40)36-28-19-10-7-12-22(28)2)41-26-17-11-16-25(21-26)35-32(39)29(20-24-15-8-9-18-27(24)34)37-31(38)23-13-5-4-6-14-23/h4-21,30H,3H2,1-2H3,(H,35,39)(H,36,40)(H,37,38)/b29-20+. The van der Waals surface area contributed by atoms with Gasteiger partial charge in [-0.1, -0.05) is 79.2 Å². The zero-order chi connectivity index (χ0) is 29.2. The number of halogens is 1. The molecule has 4 aromatic carbocycles. The average molecular weight is 584 g/mol. The first-order chi connectivity index (χ1) is 19.8. The molecule has 3 N–H and O–H groups in total. The van der Waals surface area contributed by atoms with Crippen LogP contribution in [-0.2, 0) is 9.59 Å². The van der Waals surface area contributed by atoms with Gasteiger partial charge in [0.2, 0.25) is 5.91 Å². The Kier molecular flexibility index (Phi) is 10.4. The van der Waals surface area contributed by atoms with Gasteiger partial charge in [0.05, 0.1) is 5.25 Å². The van der Waals surface area contributed by atoms with Crippen LogP contribution in [0.2, 0.25) is 5.02 Å². The Bertz CT molecular complexity index is 1570. The Morgan fingerprint density at radius 3 is 2.29 bits per heavy atom. The van der Waals surface area contributed by atoms with Crippen LogP contribution in [0.1, 0.15) is 34.8 Å². The summed E-state index contributed by atoms with van der Waals surface area (Å²) in [5.74, 6) is -1.02. The Morgan fingerprint density at radius 2 is 1.56 bits per heavy atom. The molecule has 4 rings (SSSR count). The van der Waals surface area contributed by atoms with E-state index in [-0.39, 0.29) is 16.9 Å². The van der Waals surface area contributed by atoms with Crippen LogP contribution in [0, 0.1) is 6.92 Å². The summed E-state index contributed by atoms with van der Waals surface area (Å²) in [4.78, 5) is 40.2. The average Bonchev–Trinajstić information content (AvgIpc) is 2.98. The summed E-state index contributed by atoms with van der Waals surface area (Å²) in [5, 5.41) is 8.72. The second-order valence-electron chi connectivity index (χ2n) is 9.20. The van der Waals surface area contributed by atoms with Crippen molar-refractivity contribution in [1.82, 2.24) is 5.32 Å². The topological polar surface area (TPSA) is 87.3 Å². The molecule has 4 aromatic rings. The summed E-state index contributed by atoms with van der Waals surface area (Å²) in [6.45, 7) is 3.91. The van der Waals surface area contributed by atoms with Crippen LogP contribution in [0.4, 0.5) is 11.4 Å². The van der Waals surface area contributed by atoms with Crippen molar-refractivity contribution >= 4 is 58.5 Å². The lowest BCUT2D eigenvalue weighted by molar-refractivity contribution is -0.116. The number of anilines is 2. The fraction of sp³-hybridized carbons (Fsp3) is 0.121. The van der Waals surface area contributed by atoms with E-state index in [0.29, 0.717) is 28.3 Å². The molecule has 41 heavy (non-hydrogen) atoms. The van der Waals surface area contributed by atoms with Crippen molar-refractivity contribution in [3.05, 3.63) is 131 Å². The van der Waals surface area contributed by atoms with Gasteiger partial charge in [-0.25, -0.2) is 0 Å². The van der Waals surface area contributed by atoms with Crippen LogP contribution in [0.25, 0.3) is 6.08 Å². The van der Waals surface area contributed by atoms with Gasteiger partial charge in [-0.05, 0) is 73.0 Å². The molecule has 0 fully saturated rings. The smallest absolute Gasteiger partial charge is 0.272 e. The monoisotopic (exact) mass is 583 g/mol. The lowest BCUT2D eigenvalue weighted by atomic mass is 10.1. The van der Waals surface area contributed by atoms with Crippen LogP contribution in [-0.4, -0.2) is 23.0 Å². The summed E-state index contributed by atoms with van der Waals surface area (Å²) in [6.07, 6.45) is 2.16. The summed E-state index contributed by atoms with van der Waals surface area (Å²) in [7, 11) is 0. The van der Waals surface area contributed by atoms with Gasteiger partial charge >= 0.3 is 0 Å². The SMILES string of the molecule is CCC(Sc1cccc(NC(=O)/C(=C\c2ccccc2Cl)NC(=O)c2ccccc2)c1)C(=O)Nc1ccccc1C. The molecule has 1 atom stereocenters. The molecule has 1 unspecified atom stereocenters. The molecular formula is C33H30ClN3O3S. The fourth-order valence-corrected chi connectivity index (χ4v) is 5.15. The van der Waals surface area contributed by atoms with Crippen molar-refractivity contribution in [2.75, 3.05) is 10.6 Å². The predicted molar refractivity (Wildman–Crippen MR) is 168 cm³/mol. The third-order valence-corrected chi connectivity index (χ3v) is 7.87. The molecule has 8 heteroatoms. The van der Waals surface area contributed by atoms with Gasteiger partial charge in [-0.3, -0.25) is 14.4 Å². The number of para-hydroxylation sites is 1. The molecule has 0 heterocycles. The number of benzene rings is 4. The van der Waals surface area contributed by atoms with Gasteiger partial charge in [0.25, 0.3) is 11.8 Å². The Labute approximate surface area is 249 Å². The number of amides is 3. The fourth-order valence-electron chi connectivity index (χ4n) is 3.95. The second kappa shape index (κ2) is 14.3. The maximum atomic E-state index is 13.4. The van der Waals surface area contributed by atoms with E-state index in [4.69, 9.17) is 11.6 Å². The van der Waals surface area contributed by atoms with Gasteiger partial charge < -0.3 is 16.0 Å². The molecule has 0 aromatic heterocycles. The van der Waals surface area contributed by atoms with Crippen molar-refractivity contribution in [2.45, 2.75) is 30.4 Å². The molecule has 0 aliphatic carbocycles. The second-order valence-corrected chi connectivity index (χ2v) is 10.9. The van der Waals surface area contributed by atoms with E-state index in [2.05, 4.69) is 16.0 Å². The van der Waals surface area contributed by atoms with Crippen molar-refractivity contribution in [3.8, 4) is 0 Å². The molecule has 0 aliphatic rings. The highest BCUT2D eigenvalue weighted by Crippen LogP contribution is 2.29. The van der Waals surface area contributed by atoms with E-state index in [1.165, 1.54) is 11.8 Å². The normalized spacial score (nSPS) is 11.8. The maximum absolute atomic E-state index is 13.4. The van der Waals surface area contributed by atoms with Crippen molar-refractivity contribution in [1.29, 1.82) is 0 Å². The number of rotatable bonds is 10. The number of hydrogen-bond donors (Lipinski definition) is 3.